The lowest BCUT2D eigenvalue weighted by molar-refractivity contribution is -0.142. The van der Waals surface area contributed by atoms with Crippen molar-refractivity contribution in [3.8, 4) is 0 Å². The molecule has 0 saturated carbocycles. The topological polar surface area (TPSA) is 257 Å². The predicted molar refractivity (Wildman–Crippen MR) is 161 cm³/mol. The molecule has 0 aliphatic carbocycles. The number of benzene rings is 1. The lowest BCUT2D eigenvalue weighted by atomic mass is 10.00. The van der Waals surface area contributed by atoms with E-state index in [1.165, 1.54) is 0 Å². The van der Waals surface area contributed by atoms with Crippen LogP contribution in [0.15, 0.2) is 35.5 Å². The Morgan fingerprint density at radius 3 is 2.26 bits per heavy atom. The van der Waals surface area contributed by atoms with Gasteiger partial charge in [0.15, 0.2) is 5.96 Å². The van der Waals surface area contributed by atoms with Crippen LogP contribution < -0.4 is 38.9 Å². The third-order valence-electron chi connectivity index (χ3n) is 6.84. The molecule has 14 heteroatoms. The van der Waals surface area contributed by atoms with E-state index in [0.717, 1.165) is 16.5 Å². The Bertz CT molecular complexity index is 1230. The van der Waals surface area contributed by atoms with Gasteiger partial charge in [-0.3, -0.25) is 19.4 Å². The standard InChI is InChI=1S/C28H45N9O5/c1-16(2)23(26(40)36-22(27(41)42)14-17-15-34-20-10-4-3-8-18(17)20)37-25(39)21(11-7-13-33-28(31)32)35-24(38)19(30)9-5-6-12-29/h3-4,8,10,15-16,19,21-23,34H,5-7,9,11-14,29-30H2,1-2H3,(H,35,38)(H,36,40)(H,37,39)(H,41,42)(H4,31,32,33). The number of carboxylic acid groups (broad SMARTS) is 1. The van der Waals surface area contributed by atoms with E-state index < -0.39 is 53.8 Å². The number of aromatic nitrogens is 1. The Balaban J connectivity index is 2.14. The fraction of sp³-hybridized carbons (Fsp3) is 0.536. The SMILES string of the molecule is CC(C)C(NC(=O)C(CCCN=C(N)N)NC(=O)C(N)CCCCN)C(=O)NC(Cc1c[nH]c2ccccc12)C(=O)O. The van der Waals surface area contributed by atoms with Crippen LogP contribution >= 0.6 is 0 Å². The van der Waals surface area contributed by atoms with Crippen LogP contribution in [0.4, 0.5) is 0 Å². The average Bonchev–Trinajstić information content (AvgIpc) is 3.35. The molecule has 0 saturated heterocycles. The summed E-state index contributed by atoms with van der Waals surface area (Å²) in [7, 11) is 0. The zero-order chi connectivity index (χ0) is 31.2. The van der Waals surface area contributed by atoms with Gasteiger partial charge in [-0.1, -0.05) is 38.5 Å². The number of guanidine groups is 1. The van der Waals surface area contributed by atoms with Crippen LogP contribution in [0.3, 0.4) is 0 Å². The Hall–Kier alpha value is -4.17. The molecule has 1 heterocycles. The molecule has 13 N–H and O–H groups in total. The number of hydrogen-bond donors (Lipinski definition) is 9. The summed E-state index contributed by atoms with van der Waals surface area (Å²) in [5.74, 6) is -3.48. The summed E-state index contributed by atoms with van der Waals surface area (Å²) in [4.78, 5) is 58.5. The summed E-state index contributed by atoms with van der Waals surface area (Å²) in [5.41, 5.74) is 23.9. The van der Waals surface area contributed by atoms with E-state index in [-0.39, 0.29) is 25.3 Å². The van der Waals surface area contributed by atoms with Crippen molar-refractivity contribution in [2.75, 3.05) is 13.1 Å². The summed E-state index contributed by atoms with van der Waals surface area (Å²) >= 11 is 0. The molecule has 3 amide bonds. The van der Waals surface area contributed by atoms with Crippen LogP contribution in [0.5, 0.6) is 0 Å². The third-order valence-corrected chi connectivity index (χ3v) is 6.84. The van der Waals surface area contributed by atoms with Gasteiger partial charge in [0.25, 0.3) is 0 Å². The molecule has 1 aromatic carbocycles. The first-order valence-electron chi connectivity index (χ1n) is 14.1. The highest BCUT2D eigenvalue weighted by Gasteiger charge is 2.32. The first kappa shape index (κ1) is 34.0. The largest absolute Gasteiger partial charge is 0.480 e. The van der Waals surface area contributed by atoms with Gasteiger partial charge in [-0.05, 0) is 49.8 Å². The van der Waals surface area contributed by atoms with Crippen molar-refractivity contribution >= 4 is 40.6 Å². The second kappa shape index (κ2) is 16.9. The normalized spacial score (nSPS) is 14.0. The monoisotopic (exact) mass is 587 g/mol. The molecule has 4 atom stereocenters. The second-order valence-corrected chi connectivity index (χ2v) is 10.6. The number of aromatic amines is 1. The summed E-state index contributed by atoms with van der Waals surface area (Å²) in [5, 5.41) is 18.6. The molecule has 4 unspecified atom stereocenters. The van der Waals surface area contributed by atoms with Crippen molar-refractivity contribution in [2.45, 2.75) is 76.5 Å². The molecule has 42 heavy (non-hydrogen) atoms. The van der Waals surface area contributed by atoms with Gasteiger partial charge in [0, 0.05) is 30.1 Å². The maximum absolute atomic E-state index is 13.4. The number of H-pyrrole nitrogens is 1. The van der Waals surface area contributed by atoms with Crippen LogP contribution in [0.2, 0.25) is 0 Å². The fourth-order valence-electron chi connectivity index (χ4n) is 4.46. The minimum absolute atomic E-state index is 0.0371. The number of carbonyl (C=O) groups is 4. The quantitative estimate of drug-likeness (QED) is 0.0613. The number of nitrogens with zero attached hydrogens (tertiary/aromatic N) is 1. The molecule has 0 radical (unpaired) electrons. The highest BCUT2D eigenvalue weighted by Crippen LogP contribution is 2.19. The number of aliphatic imine (C=N–C) groups is 1. The summed E-state index contributed by atoms with van der Waals surface area (Å²) in [6.07, 6.45) is 4.06. The molecule has 0 aliphatic rings. The minimum atomic E-state index is -1.24. The zero-order valence-electron chi connectivity index (χ0n) is 24.3. The van der Waals surface area contributed by atoms with Gasteiger partial charge in [0.2, 0.25) is 17.7 Å². The number of unbranched alkanes of at least 4 members (excludes halogenated alkanes) is 1. The van der Waals surface area contributed by atoms with Crippen molar-refractivity contribution in [1.29, 1.82) is 0 Å². The van der Waals surface area contributed by atoms with Crippen molar-refractivity contribution in [3.63, 3.8) is 0 Å². The molecular weight excluding hydrogens is 542 g/mol. The van der Waals surface area contributed by atoms with Gasteiger partial charge in [-0.15, -0.1) is 0 Å². The lowest BCUT2D eigenvalue weighted by Crippen LogP contribution is -2.58. The number of hydrogen-bond acceptors (Lipinski definition) is 7. The molecule has 2 rings (SSSR count). The van der Waals surface area contributed by atoms with Crippen LogP contribution in [-0.4, -0.2) is 77.0 Å². The number of rotatable bonds is 18. The number of carboxylic acids is 1. The Morgan fingerprint density at radius 1 is 0.929 bits per heavy atom. The summed E-state index contributed by atoms with van der Waals surface area (Å²) < 4.78 is 0. The predicted octanol–water partition coefficient (Wildman–Crippen LogP) is -0.585. The highest BCUT2D eigenvalue weighted by atomic mass is 16.4. The van der Waals surface area contributed by atoms with Gasteiger partial charge in [-0.2, -0.15) is 0 Å². The zero-order valence-corrected chi connectivity index (χ0v) is 24.3. The van der Waals surface area contributed by atoms with Gasteiger partial charge >= 0.3 is 5.97 Å². The summed E-state index contributed by atoms with van der Waals surface area (Å²) in [6.45, 7) is 4.15. The third kappa shape index (κ3) is 10.7. The Kier molecular flexibility index (Phi) is 13.7. The van der Waals surface area contributed by atoms with E-state index in [4.69, 9.17) is 22.9 Å². The molecule has 2 aromatic rings. The summed E-state index contributed by atoms with van der Waals surface area (Å²) in [6, 6.07) is 3.27. The number of nitrogens with one attached hydrogen (secondary N) is 4. The smallest absolute Gasteiger partial charge is 0.326 e. The van der Waals surface area contributed by atoms with Crippen LogP contribution in [0.25, 0.3) is 10.9 Å². The van der Waals surface area contributed by atoms with Crippen molar-refractivity contribution < 1.29 is 24.3 Å². The van der Waals surface area contributed by atoms with E-state index in [9.17, 15) is 24.3 Å². The van der Waals surface area contributed by atoms with Crippen LogP contribution in [0.1, 0.15) is 51.5 Å². The van der Waals surface area contributed by atoms with Crippen molar-refractivity contribution in [3.05, 3.63) is 36.0 Å². The van der Waals surface area contributed by atoms with E-state index in [1.807, 2.05) is 24.3 Å². The number of para-hydroxylation sites is 1. The molecule has 14 nitrogen and oxygen atoms in total. The molecular formula is C28H45N9O5. The minimum Gasteiger partial charge on any atom is -0.480 e. The number of aliphatic carboxylic acids is 1. The van der Waals surface area contributed by atoms with E-state index >= 15 is 0 Å². The first-order chi connectivity index (χ1) is 19.9. The number of carbonyl (C=O) groups excluding carboxylic acids is 3. The number of amides is 3. The number of fused-ring (bicyclic) bond motifs is 1. The highest BCUT2D eigenvalue weighted by molar-refractivity contribution is 5.94. The Labute approximate surface area is 245 Å². The fourth-order valence-corrected chi connectivity index (χ4v) is 4.46. The molecule has 1 aromatic heterocycles. The Morgan fingerprint density at radius 2 is 1.62 bits per heavy atom. The lowest BCUT2D eigenvalue weighted by Gasteiger charge is -2.27. The van der Waals surface area contributed by atoms with Gasteiger partial charge < -0.3 is 49.0 Å². The van der Waals surface area contributed by atoms with Crippen molar-refractivity contribution in [2.24, 2.45) is 33.8 Å². The average molecular weight is 588 g/mol. The molecule has 232 valence electrons. The maximum Gasteiger partial charge on any atom is 0.326 e. The second-order valence-electron chi connectivity index (χ2n) is 10.6. The first-order valence-corrected chi connectivity index (χ1v) is 14.1. The van der Waals surface area contributed by atoms with Gasteiger partial charge in [-0.25, -0.2) is 4.79 Å². The maximum atomic E-state index is 13.4. The van der Waals surface area contributed by atoms with Crippen LogP contribution in [0, 0.1) is 5.92 Å². The van der Waals surface area contributed by atoms with E-state index in [1.54, 1.807) is 20.0 Å². The van der Waals surface area contributed by atoms with Crippen LogP contribution in [-0.2, 0) is 25.6 Å². The number of nitrogens with two attached hydrogens (primary N) is 4. The van der Waals surface area contributed by atoms with E-state index in [0.29, 0.717) is 32.2 Å². The van der Waals surface area contributed by atoms with E-state index in [2.05, 4.69) is 25.9 Å². The molecule has 0 fully saturated rings. The van der Waals surface area contributed by atoms with Crippen molar-refractivity contribution in [1.82, 2.24) is 20.9 Å². The van der Waals surface area contributed by atoms with Gasteiger partial charge in [0.05, 0.1) is 6.04 Å². The molecule has 0 bridgehead atoms. The molecule has 0 spiro atoms. The molecule has 0 aliphatic heterocycles. The van der Waals surface area contributed by atoms with Gasteiger partial charge in [0.1, 0.15) is 18.1 Å².